The Kier molecular flexibility index (Phi) is 6.96. The molecule has 0 radical (unpaired) electrons. The average Bonchev–Trinajstić information content (AvgIpc) is 3.18. The largest absolute Gasteiger partial charge is 0.490 e. The van der Waals surface area contributed by atoms with Gasteiger partial charge in [-0.2, -0.15) is 0 Å². The highest BCUT2D eigenvalue weighted by atomic mass is 16.5. The lowest BCUT2D eigenvalue weighted by Crippen LogP contribution is -2.70. The number of aliphatic hydroxyl groups is 1. The van der Waals surface area contributed by atoms with Gasteiger partial charge in [-0.3, -0.25) is 14.4 Å². The molecule has 35 heavy (non-hydrogen) atoms. The number of ketones is 3. The number of rotatable bonds is 7. The van der Waals surface area contributed by atoms with Crippen LogP contribution in [0.15, 0.2) is 34.6 Å². The number of carbonyl (C=O) groups is 3. The zero-order valence-corrected chi connectivity index (χ0v) is 23.3. The molecule has 5 heteroatoms. The van der Waals surface area contributed by atoms with Crippen LogP contribution in [0.1, 0.15) is 94.9 Å². The molecule has 0 aromatic heterocycles. The van der Waals surface area contributed by atoms with Crippen LogP contribution in [0, 0.1) is 28.1 Å². The van der Waals surface area contributed by atoms with E-state index in [0.717, 1.165) is 11.1 Å². The van der Waals surface area contributed by atoms with Crippen LogP contribution < -0.4 is 0 Å². The number of allylic oxidation sites excluding steroid dienone is 5. The Bertz CT molecular complexity index is 1020. The topological polar surface area (TPSA) is 80.7 Å². The molecule has 0 spiro atoms. The lowest BCUT2D eigenvalue weighted by atomic mass is 9.39. The van der Waals surface area contributed by atoms with Crippen molar-refractivity contribution in [3.63, 3.8) is 0 Å². The van der Waals surface area contributed by atoms with E-state index in [0.29, 0.717) is 30.6 Å². The molecule has 2 aliphatic carbocycles. The maximum absolute atomic E-state index is 14.8. The molecule has 0 saturated heterocycles. The van der Waals surface area contributed by atoms with Crippen molar-refractivity contribution in [2.24, 2.45) is 28.1 Å². The van der Waals surface area contributed by atoms with Crippen molar-refractivity contribution < 1.29 is 24.2 Å². The van der Waals surface area contributed by atoms with E-state index in [-0.39, 0.29) is 23.9 Å². The van der Waals surface area contributed by atoms with Crippen molar-refractivity contribution >= 4 is 17.3 Å². The molecule has 2 bridgehead atoms. The number of fused-ring (bicyclic) bond motifs is 3. The van der Waals surface area contributed by atoms with Crippen molar-refractivity contribution in [2.75, 3.05) is 0 Å². The monoisotopic (exact) mass is 484 g/mol. The molecule has 1 aliphatic heterocycles. The van der Waals surface area contributed by atoms with Crippen molar-refractivity contribution in [3.8, 4) is 0 Å². The highest BCUT2D eigenvalue weighted by molar-refractivity contribution is 6.33. The molecule has 5 nitrogen and oxygen atoms in total. The van der Waals surface area contributed by atoms with Gasteiger partial charge in [-0.1, -0.05) is 51.0 Å². The summed E-state index contributed by atoms with van der Waals surface area (Å²) in [5, 5.41) is 10.8. The van der Waals surface area contributed by atoms with E-state index in [9.17, 15) is 19.5 Å². The van der Waals surface area contributed by atoms with E-state index in [1.807, 2.05) is 47.6 Å². The highest BCUT2D eigenvalue weighted by Crippen LogP contribution is 2.67. The second kappa shape index (κ2) is 8.83. The molecule has 4 atom stereocenters. The third-order valence-electron chi connectivity index (χ3n) is 8.68. The fraction of sp³-hybridized carbons (Fsp3) is 0.700. The molecule has 1 fully saturated rings. The minimum atomic E-state index is -1.76. The molecule has 3 aliphatic rings. The number of carbonyl (C=O) groups excluding carboxylic acids is 3. The van der Waals surface area contributed by atoms with Crippen LogP contribution in [0.5, 0.6) is 0 Å². The maximum Gasteiger partial charge on any atom is 0.184 e. The van der Waals surface area contributed by atoms with Crippen LogP contribution in [0.3, 0.4) is 0 Å². The van der Waals surface area contributed by atoms with E-state index in [2.05, 4.69) is 6.08 Å². The molecule has 194 valence electrons. The summed E-state index contributed by atoms with van der Waals surface area (Å²) in [6.07, 6.45) is 5.31. The Hall–Kier alpha value is -2.01. The van der Waals surface area contributed by atoms with Crippen molar-refractivity contribution in [1.29, 1.82) is 0 Å². The molecule has 3 rings (SSSR count). The summed E-state index contributed by atoms with van der Waals surface area (Å²) in [4.78, 5) is 43.3. The van der Waals surface area contributed by atoms with Gasteiger partial charge in [0.15, 0.2) is 22.8 Å². The van der Waals surface area contributed by atoms with E-state index in [1.165, 1.54) is 0 Å². The van der Waals surface area contributed by atoms with Gasteiger partial charge in [-0.05, 0) is 72.1 Å². The second-order valence-electron chi connectivity index (χ2n) is 12.9. The summed E-state index contributed by atoms with van der Waals surface area (Å²) >= 11 is 0. The Morgan fingerprint density at radius 1 is 1.11 bits per heavy atom. The molecule has 1 saturated carbocycles. The summed E-state index contributed by atoms with van der Waals surface area (Å²) in [5.41, 5.74) is -2.26. The van der Waals surface area contributed by atoms with E-state index < -0.39 is 39.7 Å². The average molecular weight is 485 g/mol. The zero-order chi connectivity index (χ0) is 26.7. The normalized spacial score (nSPS) is 31.8. The van der Waals surface area contributed by atoms with Crippen molar-refractivity contribution in [1.82, 2.24) is 0 Å². The van der Waals surface area contributed by atoms with Crippen LogP contribution in [-0.2, 0) is 19.1 Å². The van der Waals surface area contributed by atoms with E-state index in [4.69, 9.17) is 4.74 Å². The van der Waals surface area contributed by atoms with Gasteiger partial charge >= 0.3 is 0 Å². The first kappa shape index (κ1) is 27.6. The molecule has 0 amide bonds. The zero-order valence-electron chi connectivity index (χ0n) is 23.3. The second-order valence-corrected chi connectivity index (χ2v) is 12.9. The Balaban J connectivity index is 2.39. The quantitative estimate of drug-likeness (QED) is 0.359. The van der Waals surface area contributed by atoms with Crippen molar-refractivity contribution in [2.45, 2.75) is 107 Å². The summed E-state index contributed by atoms with van der Waals surface area (Å²) in [7, 11) is 0. The van der Waals surface area contributed by atoms with Crippen LogP contribution >= 0.6 is 0 Å². The Morgan fingerprint density at radius 3 is 2.17 bits per heavy atom. The van der Waals surface area contributed by atoms with Gasteiger partial charge in [-0.25, -0.2) is 0 Å². The van der Waals surface area contributed by atoms with E-state index >= 15 is 0 Å². The Labute approximate surface area is 211 Å². The van der Waals surface area contributed by atoms with Gasteiger partial charge in [-0.15, -0.1) is 0 Å². The van der Waals surface area contributed by atoms with Crippen LogP contribution in [0.25, 0.3) is 0 Å². The fourth-order valence-electron chi connectivity index (χ4n) is 6.45. The standard InChI is InChI=1S/C30H44O5/c1-17(2)11-12-20-16-29(14-13-18(3)4)25-21(15-22(35-25)28(9,10)34)24(32)30(26(29)33,27(20,7)8)23(31)19(5)6/h11,13,19-20,22,34H,12,14-16H2,1-10H3. The van der Waals surface area contributed by atoms with Gasteiger partial charge in [0, 0.05) is 17.9 Å². The minimum absolute atomic E-state index is 0.0776. The number of Topliss-reactive ketones (excluding diaryl/α,β-unsaturated/α-hetero) is 3. The summed E-state index contributed by atoms with van der Waals surface area (Å²) < 4.78 is 6.35. The minimum Gasteiger partial charge on any atom is -0.490 e. The predicted molar refractivity (Wildman–Crippen MR) is 138 cm³/mol. The van der Waals surface area contributed by atoms with Gasteiger partial charge in [0.1, 0.15) is 11.9 Å². The molecule has 1 N–H and O–H groups in total. The third kappa shape index (κ3) is 3.98. The van der Waals surface area contributed by atoms with Gasteiger partial charge < -0.3 is 9.84 Å². The third-order valence-corrected chi connectivity index (χ3v) is 8.68. The maximum atomic E-state index is 14.8. The van der Waals surface area contributed by atoms with Crippen LogP contribution in [0.4, 0.5) is 0 Å². The number of ether oxygens (including phenoxy) is 1. The molecule has 4 unspecified atom stereocenters. The summed E-state index contributed by atoms with van der Waals surface area (Å²) in [5.74, 6) is -1.14. The Morgan fingerprint density at radius 2 is 1.69 bits per heavy atom. The SMILES string of the molecule is CC(C)=CCC1CC2(CC=C(C)C)C(=O)C(C(=O)C(C)C)(C(=O)C3=C2OC(C(C)(C)O)C3)C1(C)C. The smallest absolute Gasteiger partial charge is 0.184 e. The van der Waals surface area contributed by atoms with Crippen LogP contribution in [-0.4, -0.2) is 34.2 Å². The molecule has 1 heterocycles. The molecular weight excluding hydrogens is 440 g/mol. The summed E-state index contributed by atoms with van der Waals surface area (Å²) in [6, 6.07) is 0. The van der Waals surface area contributed by atoms with Gasteiger partial charge in [0.2, 0.25) is 0 Å². The first-order valence-corrected chi connectivity index (χ1v) is 13.0. The molecular formula is C30H44O5. The first-order valence-electron chi connectivity index (χ1n) is 13.0. The molecule has 0 aromatic carbocycles. The van der Waals surface area contributed by atoms with Crippen molar-refractivity contribution in [3.05, 3.63) is 34.6 Å². The van der Waals surface area contributed by atoms with Crippen LogP contribution in [0.2, 0.25) is 0 Å². The van der Waals surface area contributed by atoms with Gasteiger partial charge in [0.05, 0.1) is 11.0 Å². The predicted octanol–water partition coefficient (Wildman–Crippen LogP) is 5.91. The van der Waals surface area contributed by atoms with E-state index in [1.54, 1.807) is 27.7 Å². The number of hydrogen-bond donors (Lipinski definition) is 1. The number of hydrogen-bond acceptors (Lipinski definition) is 5. The van der Waals surface area contributed by atoms with Gasteiger partial charge in [0.25, 0.3) is 0 Å². The fourth-order valence-corrected chi connectivity index (χ4v) is 6.45. The highest BCUT2D eigenvalue weighted by Gasteiger charge is 2.76. The molecule has 0 aromatic rings. The lowest BCUT2D eigenvalue weighted by molar-refractivity contribution is -0.178. The lowest BCUT2D eigenvalue weighted by Gasteiger charge is -2.59. The first-order chi connectivity index (χ1) is 15.9. The summed E-state index contributed by atoms with van der Waals surface area (Å²) in [6.45, 7) is 18.8.